The highest BCUT2D eigenvalue weighted by molar-refractivity contribution is 7.98. The van der Waals surface area contributed by atoms with Crippen molar-refractivity contribution < 1.29 is 13.9 Å². The number of carbonyl (C=O) groups is 1. The molecular weight excluding hydrogens is 300 g/mol. The smallest absolute Gasteiger partial charge is 0.351 e. The van der Waals surface area contributed by atoms with Gasteiger partial charge in [0.15, 0.2) is 0 Å². The van der Waals surface area contributed by atoms with Crippen LogP contribution in [0.5, 0.6) is 0 Å². The lowest BCUT2D eigenvalue weighted by Crippen LogP contribution is -2.19. The van der Waals surface area contributed by atoms with Crippen LogP contribution in [-0.4, -0.2) is 18.8 Å². The lowest BCUT2D eigenvalue weighted by atomic mass is 10.0. The lowest BCUT2D eigenvalue weighted by Gasteiger charge is -2.08. The minimum atomic E-state index is -0.651. The number of rotatable bonds is 5. The topological polar surface area (TPSA) is 56.5 Å². The Balaban J connectivity index is 2.49. The number of benzene rings is 1. The maximum atomic E-state index is 12.2. The Labute approximate surface area is 133 Å². The first-order chi connectivity index (χ1) is 10.6. The number of esters is 1. The monoisotopic (exact) mass is 318 g/mol. The molecule has 2 rings (SSSR count). The van der Waals surface area contributed by atoms with Gasteiger partial charge in [-0.2, -0.15) is 0 Å². The highest BCUT2D eigenvalue weighted by Crippen LogP contribution is 2.24. The fourth-order valence-corrected chi connectivity index (χ4v) is 2.54. The number of ether oxygens (including phenoxy) is 1. The maximum absolute atomic E-state index is 12.2. The number of hydrogen-bond donors (Lipinski definition) is 0. The fraction of sp³-hybridized carbons (Fsp3) is 0.294. The van der Waals surface area contributed by atoms with E-state index < -0.39 is 11.6 Å². The van der Waals surface area contributed by atoms with E-state index in [2.05, 4.69) is 0 Å². The van der Waals surface area contributed by atoms with Gasteiger partial charge in [-0.15, -0.1) is 11.8 Å². The van der Waals surface area contributed by atoms with Gasteiger partial charge >= 0.3 is 11.6 Å². The van der Waals surface area contributed by atoms with Crippen molar-refractivity contribution in [3.8, 4) is 11.3 Å². The van der Waals surface area contributed by atoms with Crippen molar-refractivity contribution in [2.75, 3.05) is 12.9 Å². The van der Waals surface area contributed by atoms with E-state index in [0.717, 1.165) is 10.5 Å². The van der Waals surface area contributed by atoms with Gasteiger partial charge in [0.25, 0.3) is 0 Å². The van der Waals surface area contributed by atoms with Gasteiger partial charge in [-0.3, -0.25) is 0 Å². The molecule has 0 saturated heterocycles. The molecule has 0 spiro atoms. The lowest BCUT2D eigenvalue weighted by molar-refractivity contribution is 0.0520. The van der Waals surface area contributed by atoms with E-state index in [1.165, 1.54) is 0 Å². The summed E-state index contributed by atoms with van der Waals surface area (Å²) in [6, 6.07) is 9.46. The van der Waals surface area contributed by atoms with Crippen LogP contribution in [0.25, 0.3) is 11.3 Å². The number of hydrogen-bond acceptors (Lipinski definition) is 5. The summed E-state index contributed by atoms with van der Waals surface area (Å²) in [6.07, 6.45) is 2.55. The molecule has 0 N–H and O–H groups in total. The Morgan fingerprint density at radius 3 is 2.45 bits per heavy atom. The Bertz CT molecular complexity index is 716. The normalized spacial score (nSPS) is 10.5. The van der Waals surface area contributed by atoms with Crippen LogP contribution in [0.3, 0.4) is 0 Å². The van der Waals surface area contributed by atoms with E-state index in [9.17, 15) is 9.59 Å². The van der Waals surface area contributed by atoms with Gasteiger partial charge < -0.3 is 9.15 Å². The first-order valence-corrected chi connectivity index (χ1v) is 8.31. The van der Waals surface area contributed by atoms with Crippen molar-refractivity contribution in [2.45, 2.75) is 25.2 Å². The second-order valence-electron chi connectivity index (χ2n) is 4.60. The number of thioether (sulfide) groups is 1. The van der Waals surface area contributed by atoms with Gasteiger partial charge in [0.05, 0.1) is 6.61 Å². The molecule has 2 aromatic rings. The van der Waals surface area contributed by atoms with E-state index in [0.29, 0.717) is 17.7 Å². The molecule has 4 nitrogen and oxygen atoms in total. The van der Waals surface area contributed by atoms with Crippen molar-refractivity contribution in [3.05, 3.63) is 51.9 Å². The summed E-state index contributed by atoms with van der Waals surface area (Å²) in [4.78, 5) is 25.2. The molecule has 0 aliphatic rings. The summed E-state index contributed by atoms with van der Waals surface area (Å²) in [7, 11) is 0. The standard InChI is InChI=1S/C17H18O4S/c1-4-11-10-14(12-6-8-13(22-3)9-7-12)21-17(19)15(11)16(18)20-5-2/h6-10H,4-5H2,1-3H3. The van der Waals surface area contributed by atoms with Crippen molar-refractivity contribution in [3.63, 3.8) is 0 Å². The molecule has 0 radical (unpaired) electrons. The predicted molar refractivity (Wildman–Crippen MR) is 87.5 cm³/mol. The van der Waals surface area contributed by atoms with E-state index in [1.54, 1.807) is 24.8 Å². The Kier molecular flexibility index (Phi) is 5.44. The van der Waals surface area contributed by atoms with Gasteiger partial charge in [-0.05, 0) is 43.4 Å². The van der Waals surface area contributed by atoms with Gasteiger partial charge in [0, 0.05) is 10.5 Å². The number of aryl methyl sites for hydroxylation is 1. The molecule has 5 heteroatoms. The summed E-state index contributed by atoms with van der Waals surface area (Å²) < 4.78 is 10.2. The first kappa shape index (κ1) is 16.4. The van der Waals surface area contributed by atoms with Crippen LogP contribution >= 0.6 is 11.8 Å². The van der Waals surface area contributed by atoms with Gasteiger partial charge in [0.1, 0.15) is 11.3 Å². The Hall–Kier alpha value is -2.01. The predicted octanol–water partition coefficient (Wildman–Crippen LogP) is 3.77. The zero-order valence-corrected chi connectivity index (χ0v) is 13.7. The minimum absolute atomic E-state index is 0.00571. The Morgan fingerprint density at radius 1 is 1.23 bits per heavy atom. The van der Waals surface area contributed by atoms with Crippen LogP contribution in [0.4, 0.5) is 0 Å². The van der Waals surface area contributed by atoms with Gasteiger partial charge in [0.2, 0.25) is 0 Å². The second-order valence-corrected chi connectivity index (χ2v) is 5.48. The van der Waals surface area contributed by atoms with Crippen LogP contribution < -0.4 is 5.63 Å². The molecule has 0 unspecified atom stereocenters. The maximum Gasteiger partial charge on any atom is 0.351 e. The van der Waals surface area contributed by atoms with Crippen molar-refractivity contribution >= 4 is 17.7 Å². The van der Waals surface area contributed by atoms with Crippen molar-refractivity contribution in [1.29, 1.82) is 0 Å². The molecule has 22 heavy (non-hydrogen) atoms. The molecule has 0 saturated carbocycles. The van der Waals surface area contributed by atoms with Crippen LogP contribution in [0.15, 0.2) is 44.4 Å². The van der Waals surface area contributed by atoms with E-state index in [-0.39, 0.29) is 12.2 Å². The summed E-state index contributed by atoms with van der Waals surface area (Å²) in [5.41, 5.74) is 0.786. The third kappa shape index (κ3) is 3.42. The van der Waals surface area contributed by atoms with Crippen molar-refractivity contribution in [2.24, 2.45) is 0 Å². The van der Waals surface area contributed by atoms with E-state index in [4.69, 9.17) is 9.15 Å². The highest BCUT2D eigenvalue weighted by Gasteiger charge is 2.19. The quantitative estimate of drug-likeness (QED) is 0.620. The van der Waals surface area contributed by atoms with Crippen LogP contribution in [-0.2, 0) is 11.2 Å². The highest BCUT2D eigenvalue weighted by atomic mass is 32.2. The molecule has 1 aromatic carbocycles. The molecule has 0 aliphatic heterocycles. The zero-order valence-electron chi connectivity index (χ0n) is 12.8. The molecule has 1 heterocycles. The molecule has 0 aliphatic carbocycles. The Morgan fingerprint density at radius 2 is 1.91 bits per heavy atom. The number of carbonyl (C=O) groups excluding carboxylic acids is 1. The largest absolute Gasteiger partial charge is 0.462 e. The van der Waals surface area contributed by atoms with Crippen LogP contribution in [0, 0.1) is 0 Å². The molecule has 1 aromatic heterocycles. The molecule has 0 atom stereocenters. The molecule has 0 fully saturated rings. The summed E-state index contributed by atoms with van der Waals surface area (Å²) in [6.45, 7) is 3.81. The molecule has 0 bridgehead atoms. The fourth-order valence-electron chi connectivity index (χ4n) is 2.14. The third-order valence-corrected chi connectivity index (χ3v) is 4.01. The van der Waals surface area contributed by atoms with Gasteiger partial charge in [-0.25, -0.2) is 9.59 Å². The summed E-state index contributed by atoms with van der Waals surface area (Å²) in [5.74, 6) is -0.167. The van der Waals surface area contributed by atoms with E-state index >= 15 is 0 Å². The molecular formula is C17H18O4S. The van der Waals surface area contributed by atoms with Crippen LogP contribution in [0.2, 0.25) is 0 Å². The van der Waals surface area contributed by atoms with Crippen LogP contribution in [0.1, 0.15) is 29.8 Å². The average molecular weight is 318 g/mol. The average Bonchev–Trinajstić information content (AvgIpc) is 2.54. The SMILES string of the molecule is CCOC(=O)c1c(CC)cc(-c2ccc(SC)cc2)oc1=O. The third-order valence-electron chi connectivity index (χ3n) is 3.27. The zero-order chi connectivity index (χ0) is 16.1. The second kappa shape index (κ2) is 7.31. The molecule has 0 amide bonds. The van der Waals surface area contributed by atoms with Gasteiger partial charge in [-0.1, -0.05) is 19.1 Å². The summed E-state index contributed by atoms with van der Waals surface area (Å²) in [5, 5.41) is 0. The minimum Gasteiger partial charge on any atom is -0.462 e. The summed E-state index contributed by atoms with van der Waals surface area (Å²) >= 11 is 1.64. The van der Waals surface area contributed by atoms with E-state index in [1.807, 2.05) is 37.4 Å². The molecule has 116 valence electrons. The van der Waals surface area contributed by atoms with Crippen molar-refractivity contribution in [1.82, 2.24) is 0 Å². The first-order valence-electron chi connectivity index (χ1n) is 7.09.